The lowest BCUT2D eigenvalue weighted by Crippen LogP contribution is -2.34. The Labute approximate surface area is 121 Å². The number of rotatable bonds is 3. The Hall–Kier alpha value is -1.35. The number of benzene rings is 1. The van der Waals surface area contributed by atoms with Crippen LogP contribution < -0.4 is 5.32 Å². The zero-order valence-electron chi connectivity index (χ0n) is 12.5. The molecule has 1 aromatic carbocycles. The van der Waals surface area contributed by atoms with E-state index in [9.17, 15) is 4.79 Å². The van der Waals surface area contributed by atoms with E-state index in [1.54, 1.807) is 0 Å². The maximum atomic E-state index is 12.6. The monoisotopic (exact) mass is 272 g/mol. The van der Waals surface area contributed by atoms with Crippen LogP contribution in [0, 0.1) is 18.3 Å². The summed E-state index contributed by atoms with van der Waals surface area (Å²) in [5, 5.41) is 3.39. The van der Waals surface area contributed by atoms with E-state index in [0.717, 1.165) is 26.1 Å². The van der Waals surface area contributed by atoms with Gasteiger partial charge in [-0.15, -0.1) is 0 Å². The van der Waals surface area contributed by atoms with Crippen molar-refractivity contribution in [1.29, 1.82) is 0 Å². The zero-order valence-corrected chi connectivity index (χ0v) is 12.5. The second-order valence-corrected chi connectivity index (χ2v) is 6.55. The van der Waals surface area contributed by atoms with Gasteiger partial charge in [-0.05, 0) is 50.3 Å². The van der Waals surface area contributed by atoms with Crippen LogP contribution in [0.4, 0.5) is 0 Å². The van der Waals surface area contributed by atoms with Crippen LogP contribution in [0.25, 0.3) is 0 Å². The van der Waals surface area contributed by atoms with Crippen LogP contribution in [-0.4, -0.2) is 30.9 Å². The van der Waals surface area contributed by atoms with Crippen molar-refractivity contribution in [1.82, 2.24) is 10.2 Å². The number of aryl methyl sites for hydroxylation is 1. The molecule has 1 N–H and O–H groups in total. The second-order valence-electron chi connectivity index (χ2n) is 6.55. The average molecular weight is 272 g/mol. The summed E-state index contributed by atoms with van der Waals surface area (Å²) in [6, 6.07) is 8.46. The third-order valence-corrected chi connectivity index (χ3v) is 5.00. The first-order chi connectivity index (χ1) is 9.61. The minimum absolute atomic E-state index is 0.278. The molecule has 3 nitrogen and oxygen atoms in total. The SMILES string of the molecule is Cc1ccc(CN(C)C(=O)C2CC23CCNCC3)cc1. The molecule has 3 rings (SSSR count). The highest BCUT2D eigenvalue weighted by Gasteiger charge is 2.58. The average Bonchev–Trinajstić information content (AvgIpc) is 3.14. The predicted octanol–water partition coefficient (Wildman–Crippen LogP) is 2.34. The molecule has 0 radical (unpaired) electrons. The summed E-state index contributed by atoms with van der Waals surface area (Å²) >= 11 is 0. The van der Waals surface area contributed by atoms with Gasteiger partial charge in [0.1, 0.15) is 0 Å². The van der Waals surface area contributed by atoms with E-state index in [1.807, 2.05) is 11.9 Å². The summed E-state index contributed by atoms with van der Waals surface area (Å²) in [6.45, 7) is 4.96. The van der Waals surface area contributed by atoms with Gasteiger partial charge in [0.2, 0.25) is 5.91 Å². The number of carbonyl (C=O) groups is 1. The van der Waals surface area contributed by atoms with Gasteiger partial charge in [0, 0.05) is 19.5 Å². The molecule has 1 saturated heterocycles. The maximum Gasteiger partial charge on any atom is 0.226 e. The fraction of sp³-hybridized carbons (Fsp3) is 0.588. The first-order valence-corrected chi connectivity index (χ1v) is 7.62. The molecule has 0 aromatic heterocycles. The molecular weight excluding hydrogens is 248 g/mol. The van der Waals surface area contributed by atoms with Gasteiger partial charge in [0.05, 0.1) is 0 Å². The third-order valence-electron chi connectivity index (χ3n) is 5.00. The van der Waals surface area contributed by atoms with E-state index >= 15 is 0 Å². The van der Waals surface area contributed by atoms with Crippen LogP contribution in [0.3, 0.4) is 0 Å². The minimum Gasteiger partial charge on any atom is -0.341 e. The summed E-state index contributed by atoms with van der Waals surface area (Å²) in [7, 11) is 1.94. The summed E-state index contributed by atoms with van der Waals surface area (Å²) in [5.41, 5.74) is 2.81. The molecule has 2 fully saturated rings. The quantitative estimate of drug-likeness (QED) is 0.916. The van der Waals surface area contributed by atoms with E-state index in [1.165, 1.54) is 24.0 Å². The molecule has 1 aliphatic carbocycles. The van der Waals surface area contributed by atoms with E-state index < -0.39 is 0 Å². The van der Waals surface area contributed by atoms with Gasteiger partial charge in [0.15, 0.2) is 0 Å². The first kappa shape index (κ1) is 13.6. The molecule has 108 valence electrons. The fourth-order valence-electron chi connectivity index (χ4n) is 3.49. The maximum absolute atomic E-state index is 12.6. The van der Waals surface area contributed by atoms with Crippen molar-refractivity contribution in [3.63, 3.8) is 0 Å². The van der Waals surface area contributed by atoms with Crippen LogP contribution in [0.2, 0.25) is 0 Å². The molecule has 3 heteroatoms. The van der Waals surface area contributed by atoms with Gasteiger partial charge < -0.3 is 10.2 Å². The Morgan fingerprint density at radius 3 is 2.60 bits per heavy atom. The highest BCUT2D eigenvalue weighted by molar-refractivity contribution is 5.82. The summed E-state index contributed by atoms with van der Waals surface area (Å²) < 4.78 is 0. The lowest BCUT2D eigenvalue weighted by atomic mass is 9.91. The molecular formula is C17H24N2O. The normalized spacial score (nSPS) is 23.6. The largest absolute Gasteiger partial charge is 0.341 e. The van der Waals surface area contributed by atoms with E-state index in [2.05, 4.69) is 36.5 Å². The number of amides is 1. The third kappa shape index (κ3) is 2.59. The summed E-state index contributed by atoms with van der Waals surface area (Å²) in [6.07, 6.45) is 3.44. The lowest BCUT2D eigenvalue weighted by Gasteiger charge is -2.25. The molecule has 1 aromatic rings. The van der Waals surface area contributed by atoms with Gasteiger partial charge in [-0.3, -0.25) is 4.79 Å². The van der Waals surface area contributed by atoms with Crippen molar-refractivity contribution < 1.29 is 4.79 Å². The standard InChI is InChI=1S/C17H24N2O/c1-13-3-5-14(6-4-13)12-19(2)16(20)15-11-17(15)7-9-18-10-8-17/h3-6,15,18H,7-12H2,1-2H3. The highest BCUT2D eigenvalue weighted by Crippen LogP contribution is 2.59. The van der Waals surface area contributed by atoms with Crippen molar-refractivity contribution in [3.05, 3.63) is 35.4 Å². The second kappa shape index (κ2) is 5.21. The van der Waals surface area contributed by atoms with Crippen LogP contribution in [0.15, 0.2) is 24.3 Å². The van der Waals surface area contributed by atoms with E-state index in [4.69, 9.17) is 0 Å². The number of nitrogens with one attached hydrogen (secondary N) is 1. The smallest absolute Gasteiger partial charge is 0.226 e. The van der Waals surface area contributed by atoms with Crippen molar-refractivity contribution in [2.75, 3.05) is 20.1 Å². The molecule has 1 amide bonds. The van der Waals surface area contributed by atoms with Crippen molar-refractivity contribution in [2.24, 2.45) is 11.3 Å². The lowest BCUT2D eigenvalue weighted by molar-refractivity contribution is -0.132. The summed E-state index contributed by atoms with van der Waals surface area (Å²) in [5.74, 6) is 0.618. The Bertz CT molecular complexity index is 488. The van der Waals surface area contributed by atoms with Crippen LogP contribution >= 0.6 is 0 Å². The van der Waals surface area contributed by atoms with Gasteiger partial charge in [-0.2, -0.15) is 0 Å². The van der Waals surface area contributed by atoms with Gasteiger partial charge in [0.25, 0.3) is 0 Å². The topological polar surface area (TPSA) is 32.3 Å². The molecule has 1 spiro atoms. The minimum atomic E-state index is 0.278. The van der Waals surface area contributed by atoms with Crippen LogP contribution in [0.1, 0.15) is 30.4 Å². The fourth-order valence-corrected chi connectivity index (χ4v) is 3.49. The molecule has 1 unspecified atom stereocenters. The molecule has 1 saturated carbocycles. The number of carbonyl (C=O) groups excluding carboxylic acids is 1. The number of piperidine rings is 1. The number of nitrogens with zero attached hydrogens (tertiary/aromatic N) is 1. The molecule has 0 bridgehead atoms. The molecule has 2 aliphatic rings. The Balaban J connectivity index is 1.59. The Morgan fingerprint density at radius 2 is 1.95 bits per heavy atom. The zero-order chi connectivity index (χ0) is 14.2. The molecule has 1 heterocycles. The molecule has 20 heavy (non-hydrogen) atoms. The van der Waals surface area contributed by atoms with Gasteiger partial charge >= 0.3 is 0 Å². The predicted molar refractivity (Wildman–Crippen MR) is 80.3 cm³/mol. The Kier molecular flexibility index (Phi) is 3.55. The van der Waals surface area contributed by atoms with Crippen molar-refractivity contribution in [3.8, 4) is 0 Å². The van der Waals surface area contributed by atoms with E-state index in [0.29, 0.717) is 11.3 Å². The highest BCUT2D eigenvalue weighted by atomic mass is 16.2. The summed E-state index contributed by atoms with van der Waals surface area (Å²) in [4.78, 5) is 14.5. The van der Waals surface area contributed by atoms with Crippen LogP contribution in [0.5, 0.6) is 0 Å². The Morgan fingerprint density at radius 1 is 1.30 bits per heavy atom. The van der Waals surface area contributed by atoms with Crippen LogP contribution in [-0.2, 0) is 11.3 Å². The van der Waals surface area contributed by atoms with Crippen molar-refractivity contribution in [2.45, 2.75) is 32.7 Å². The van der Waals surface area contributed by atoms with E-state index in [-0.39, 0.29) is 5.92 Å². The van der Waals surface area contributed by atoms with Crippen molar-refractivity contribution >= 4 is 5.91 Å². The van der Waals surface area contributed by atoms with Gasteiger partial charge in [-0.1, -0.05) is 29.8 Å². The number of hydrogen-bond donors (Lipinski definition) is 1. The van der Waals surface area contributed by atoms with Gasteiger partial charge in [-0.25, -0.2) is 0 Å². The first-order valence-electron chi connectivity index (χ1n) is 7.62. The molecule has 1 atom stereocenters. The number of hydrogen-bond acceptors (Lipinski definition) is 2. The molecule has 1 aliphatic heterocycles.